The Kier molecular flexibility index (Phi) is 3.81. The second-order valence-corrected chi connectivity index (χ2v) is 5.95. The molecule has 3 rings (SSSR count). The summed E-state index contributed by atoms with van der Waals surface area (Å²) in [4.78, 5) is 2.49. The van der Waals surface area contributed by atoms with Gasteiger partial charge in [0, 0.05) is 23.8 Å². The van der Waals surface area contributed by atoms with E-state index in [1.807, 2.05) is 18.2 Å². The number of para-hydroxylation sites is 1. The van der Waals surface area contributed by atoms with E-state index in [0.29, 0.717) is 6.04 Å². The smallest absolute Gasteiger partial charge is 0.172 e. The molecular formula is C16H23N3O. The SMILES string of the molecule is NC(=NO)c1ccccc1N1CCCC1C1CCCC1. The Bertz CT molecular complexity index is 494. The van der Waals surface area contributed by atoms with Crippen molar-refractivity contribution in [2.24, 2.45) is 16.8 Å². The van der Waals surface area contributed by atoms with Crippen molar-refractivity contribution >= 4 is 11.5 Å². The normalized spacial score (nSPS) is 24.5. The Hall–Kier alpha value is -1.71. The molecule has 4 nitrogen and oxygen atoms in total. The van der Waals surface area contributed by atoms with E-state index in [-0.39, 0.29) is 5.84 Å². The molecule has 0 spiro atoms. The maximum atomic E-state index is 8.98. The first-order valence-electron chi connectivity index (χ1n) is 7.65. The zero-order chi connectivity index (χ0) is 13.9. The van der Waals surface area contributed by atoms with Crippen molar-refractivity contribution in [1.82, 2.24) is 0 Å². The van der Waals surface area contributed by atoms with Crippen LogP contribution in [0.3, 0.4) is 0 Å². The fourth-order valence-corrected chi connectivity index (χ4v) is 3.92. The van der Waals surface area contributed by atoms with E-state index < -0.39 is 0 Å². The second-order valence-electron chi connectivity index (χ2n) is 5.95. The summed E-state index contributed by atoms with van der Waals surface area (Å²) < 4.78 is 0. The molecular weight excluding hydrogens is 250 g/mol. The first-order valence-corrected chi connectivity index (χ1v) is 7.65. The van der Waals surface area contributed by atoms with Crippen LogP contribution in [-0.4, -0.2) is 23.6 Å². The predicted molar refractivity (Wildman–Crippen MR) is 81.3 cm³/mol. The summed E-state index contributed by atoms with van der Waals surface area (Å²) in [5, 5.41) is 12.2. The van der Waals surface area contributed by atoms with E-state index in [2.05, 4.69) is 16.1 Å². The van der Waals surface area contributed by atoms with Gasteiger partial charge in [0.2, 0.25) is 0 Å². The third-order valence-electron chi connectivity index (χ3n) is 4.84. The zero-order valence-electron chi connectivity index (χ0n) is 11.8. The molecule has 1 saturated heterocycles. The Labute approximate surface area is 120 Å². The molecule has 1 atom stereocenters. The molecule has 1 heterocycles. The highest BCUT2D eigenvalue weighted by molar-refractivity contribution is 6.02. The number of benzene rings is 1. The molecule has 0 amide bonds. The molecule has 0 radical (unpaired) electrons. The molecule has 2 aliphatic rings. The van der Waals surface area contributed by atoms with Crippen LogP contribution in [0.4, 0.5) is 5.69 Å². The van der Waals surface area contributed by atoms with Crippen LogP contribution in [0.15, 0.2) is 29.4 Å². The van der Waals surface area contributed by atoms with Gasteiger partial charge < -0.3 is 15.8 Å². The maximum absolute atomic E-state index is 8.98. The van der Waals surface area contributed by atoms with Gasteiger partial charge in [-0.1, -0.05) is 30.1 Å². The van der Waals surface area contributed by atoms with E-state index >= 15 is 0 Å². The van der Waals surface area contributed by atoms with Crippen LogP contribution in [0.1, 0.15) is 44.1 Å². The summed E-state index contributed by atoms with van der Waals surface area (Å²) in [6.45, 7) is 1.08. The first kappa shape index (κ1) is 13.3. The highest BCUT2D eigenvalue weighted by Gasteiger charge is 2.34. The average Bonchev–Trinajstić information content (AvgIpc) is 3.16. The third kappa shape index (κ3) is 2.35. The number of nitrogens with two attached hydrogens (primary N) is 1. The Morgan fingerprint density at radius 1 is 1.15 bits per heavy atom. The maximum Gasteiger partial charge on any atom is 0.172 e. The van der Waals surface area contributed by atoms with Gasteiger partial charge >= 0.3 is 0 Å². The fraction of sp³-hybridized carbons (Fsp3) is 0.562. The van der Waals surface area contributed by atoms with Crippen LogP contribution in [-0.2, 0) is 0 Å². The van der Waals surface area contributed by atoms with Gasteiger partial charge in [0.1, 0.15) is 0 Å². The number of oxime groups is 1. The molecule has 4 heteroatoms. The summed E-state index contributed by atoms with van der Waals surface area (Å²) in [5.74, 6) is 1.02. The minimum absolute atomic E-state index is 0.206. The number of amidine groups is 1. The van der Waals surface area contributed by atoms with Crippen molar-refractivity contribution in [3.63, 3.8) is 0 Å². The minimum atomic E-state index is 0.206. The molecule has 1 aliphatic heterocycles. The number of hydrogen-bond acceptors (Lipinski definition) is 3. The molecule has 3 N–H and O–H groups in total. The monoisotopic (exact) mass is 273 g/mol. The van der Waals surface area contributed by atoms with Crippen LogP contribution in [0.5, 0.6) is 0 Å². The number of rotatable bonds is 3. The van der Waals surface area contributed by atoms with Crippen molar-refractivity contribution in [3.8, 4) is 0 Å². The highest BCUT2D eigenvalue weighted by atomic mass is 16.4. The topological polar surface area (TPSA) is 61.9 Å². The average molecular weight is 273 g/mol. The van der Waals surface area contributed by atoms with E-state index in [1.54, 1.807) is 0 Å². The Morgan fingerprint density at radius 2 is 1.90 bits per heavy atom. The number of hydrogen-bond donors (Lipinski definition) is 2. The van der Waals surface area contributed by atoms with E-state index in [9.17, 15) is 0 Å². The minimum Gasteiger partial charge on any atom is -0.409 e. The van der Waals surface area contributed by atoms with Gasteiger partial charge in [0.15, 0.2) is 5.84 Å². The highest BCUT2D eigenvalue weighted by Crippen LogP contribution is 2.38. The van der Waals surface area contributed by atoms with Crippen LogP contribution >= 0.6 is 0 Å². The quantitative estimate of drug-likeness (QED) is 0.385. The van der Waals surface area contributed by atoms with E-state index in [4.69, 9.17) is 10.9 Å². The fourth-order valence-electron chi connectivity index (χ4n) is 3.92. The lowest BCUT2D eigenvalue weighted by Crippen LogP contribution is -2.36. The number of nitrogens with zero attached hydrogens (tertiary/aromatic N) is 2. The Balaban J connectivity index is 1.91. The van der Waals surface area contributed by atoms with Crippen LogP contribution in [0.2, 0.25) is 0 Å². The summed E-state index contributed by atoms with van der Waals surface area (Å²) in [6, 6.07) is 8.64. The molecule has 1 aromatic carbocycles. The van der Waals surface area contributed by atoms with E-state index in [1.165, 1.54) is 38.5 Å². The third-order valence-corrected chi connectivity index (χ3v) is 4.84. The van der Waals surface area contributed by atoms with Crippen LogP contribution in [0, 0.1) is 5.92 Å². The molecule has 0 bridgehead atoms. The van der Waals surface area contributed by atoms with Crippen LogP contribution in [0.25, 0.3) is 0 Å². The van der Waals surface area contributed by atoms with Gasteiger partial charge in [-0.3, -0.25) is 0 Å². The number of anilines is 1. The van der Waals surface area contributed by atoms with Crippen molar-refractivity contribution in [2.45, 2.75) is 44.6 Å². The van der Waals surface area contributed by atoms with Crippen molar-refractivity contribution in [1.29, 1.82) is 0 Å². The molecule has 1 saturated carbocycles. The molecule has 0 aromatic heterocycles. The first-order chi connectivity index (χ1) is 9.81. The van der Waals surface area contributed by atoms with Crippen molar-refractivity contribution in [3.05, 3.63) is 29.8 Å². The lowest BCUT2D eigenvalue weighted by atomic mass is 9.95. The standard InChI is InChI=1S/C16H23N3O/c17-16(18-20)13-8-3-4-9-15(13)19-11-5-10-14(19)12-6-1-2-7-12/h3-4,8-9,12,14,20H,1-2,5-7,10-11H2,(H2,17,18). The largest absolute Gasteiger partial charge is 0.409 e. The molecule has 2 fully saturated rings. The second kappa shape index (κ2) is 5.73. The molecule has 1 aliphatic carbocycles. The van der Waals surface area contributed by atoms with Gasteiger partial charge in [-0.05, 0) is 43.7 Å². The lowest BCUT2D eigenvalue weighted by Gasteiger charge is -2.32. The zero-order valence-corrected chi connectivity index (χ0v) is 11.8. The molecule has 20 heavy (non-hydrogen) atoms. The van der Waals surface area contributed by atoms with Gasteiger partial charge in [-0.2, -0.15) is 0 Å². The van der Waals surface area contributed by atoms with Gasteiger partial charge in [-0.15, -0.1) is 0 Å². The van der Waals surface area contributed by atoms with Gasteiger partial charge in [0.25, 0.3) is 0 Å². The summed E-state index contributed by atoms with van der Waals surface area (Å²) in [5.41, 5.74) is 7.80. The van der Waals surface area contributed by atoms with Gasteiger partial charge in [-0.25, -0.2) is 0 Å². The Morgan fingerprint density at radius 3 is 2.65 bits per heavy atom. The van der Waals surface area contributed by atoms with Crippen LogP contribution < -0.4 is 10.6 Å². The van der Waals surface area contributed by atoms with Crippen molar-refractivity contribution in [2.75, 3.05) is 11.4 Å². The molecule has 108 valence electrons. The lowest BCUT2D eigenvalue weighted by molar-refractivity contribution is 0.318. The van der Waals surface area contributed by atoms with Gasteiger partial charge in [0.05, 0.1) is 0 Å². The molecule has 1 aromatic rings. The predicted octanol–water partition coefficient (Wildman–Crippen LogP) is 2.94. The molecule has 1 unspecified atom stereocenters. The summed E-state index contributed by atoms with van der Waals surface area (Å²) in [7, 11) is 0. The summed E-state index contributed by atoms with van der Waals surface area (Å²) in [6.07, 6.45) is 7.97. The van der Waals surface area contributed by atoms with E-state index in [0.717, 1.165) is 23.7 Å². The summed E-state index contributed by atoms with van der Waals surface area (Å²) >= 11 is 0. The van der Waals surface area contributed by atoms with Crippen molar-refractivity contribution < 1.29 is 5.21 Å².